The third-order valence-corrected chi connectivity index (χ3v) is 7.24. The standard InChI is InChI=1S/C26H32N2O2/c29-26-13-8-21-18-24(11-12-25(21)27-26)30-23-14-16-28(17-15-23)22-9-6-20(7-10-22)19-4-2-1-3-5-19/h1-5,11-12,18,20,22-23H,6-10,13-17H2,(H,27,29). The molecule has 2 aromatic rings. The van der Waals surface area contributed by atoms with Gasteiger partial charge in [-0.2, -0.15) is 0 Å². The Morgan fingerprint density at radius 2 is 1.63 bits per heavy atom. The molecule has 1 N–H and O–H groups in total. The van der Waals surface area contributed by atoms with Crippen LogP contribution in [0.1, 0.15) is 62.0 Å². The zero-order valence-electron chi connectivity index (χ0n) is 17.7. The lowest BCUT2D eigenvalue weighted by atomic mass is 9.81. The number of amides is 1. The van der Waals surface area contributed by atoms with E-state index in [1.165, 1.54) is 36.8 Å². The summed E-state index contributed by atoms with van der Waals surface area (Å²) in [6.45, 7) is 2.29. The number of anilines is 1. The van der Waals surface area contributed by atoms with Crippen LogP contribution in [-0.4, -0.2) is 36.0 Å². The summed E-state index contributed by atoms with van der Waals surface area (Å²) in [5.74, 6) is 1.81. The molecular formula is C26H32N2O2. The summed E-state index contributed by atoms with van der Waals surface area (Å²) in [5, 5.41) is 2.95. The van der Waals surface area contributed by atoms with Gasteiger partial charge in [-0.25, -0.2) is 0 Å². The Labute approximate surface area is 179 Å². The molecule has 5 rings (SSSR count). The molecule has 1 saturated carbocycles. The van der Waals surface area contributed by atoms with E-state index in [-0.39, 0.29) is 5.91 Å². The van der Waals surface area contributed by atoms with Gasteiger partial charge in [-0.3, -0.25) is 4.79 Å². The lowest BCUT2D eigenvalue weighted by Crippen LogP contribution is -2.45. The second kappa shape index (κ2) is 8.81. The van der Waals surface area contributed by atoms with Crippen LogP contribution in [-0.2, 0) is 11.2 Å². The normalized spacial score (nSPS) is 25.4. The number of fused-ring (bicyclic) bond motifs is 1. The van der Waals surface area contributed by atoms with Crippen LogP contribution in [0.15, 0.2) is 48.5 Å². The molecule has 2 aliphatic heterocycles. The molecule has 0 radical (unpaired) electrons. The molecule has 2 fully saturated rings. The summed E-state index contributed by atoms with van der Waals surface area (Å²) in [6.07, 6.45) is 9.16. The summed E-state index contributed by atoms with van der Waals surface area (Å²) >= 11 is 0. The van der Waals surface area contributed by atoms with Crippen molar-refractivity contribution in [3.8, 4) is 5.75 Å². The van der Waals surface area contributed by atoms with Crippen LogP contribution in [0.5, 0.6) is 5.75 Å². The van der Waals surface area contributed by atoms with Crippen molar-refractivity contribution >= 4 is 11.6 Å². The molecule has 0 spiro atoms. The van der Waals surface area contributed by atoms with Crippen LogP contribution in [0.25, 0.3) is 0 Å². The lowest BCUT2D eigenvalue weighted by Gasteiger charge is -2.41. The van der Waals surface area contributed by atoms with E-state index in [4.69, 9.17) is 4.74 Å². The van der Waals surface area contributed by atoms with Gasteiger partial charge < -0.3 is 15.0 Å². The number of carbonyl (C=O) groups is 1. The van der Waals surface area contributed by atoms with E-state index < -0.39 is 0 Å². The minimum atomic E-state index is 0.112. The molecule has 158 valence electrons. The zero-order chi connectivity index (χ0) is 20.3. The molecule has 1 saturated heterocycles. The third-order valence-electron chi connectivity index (χ3n) is 7.24. The largest absolute Gasteiger partial charge is 0.490 e. The van der Waals surface area contributed by atoms with Gasteiger partial charge in [-0.15, -0.1) is 0 Å². The number of likely N-dealkylation sites (tertiary alicyclic amines) is 1. The van der Waals surface area contributed by atoms with E-state index in [2.05, 4.69) is 46.6 Å². The van der Waals surface area contributed by atoms with Gasteiger partial charge in [0.2, 0.25) is 5.91 Å². The summed E-state index contributed by atoms with van der Waals surface area (Å²) in [4.78, 5) is 14.2. The summed E-state index contributed by atoms with van der Waals surface area (Å²) in [6, 6.07) is 17.9. The number of carbonyl (C=O) groups excluding carboxylic acids is 1. The highest BCUT2D eigenvalue weighted by atomic mass is 16.5. The maximum Gasteiger partial charge on any atom is 0.224 e. The highest BCUT2D eigenvalue weighted by Crippen LogP contribution is 2.36. The predicted molar refractivity (Wildman–Crippen MR) is 120 cm³/mol. The Kier molecular flexibility index (Phi) is 5.76. The van der Waals surface area contributed by atoms with Crippen molar-refractivity contribution in [2.24, 2.45) is 0 Å². The first-order valence-corrected chi connectivity index (χ1v) is 11.6. The van der Waals surface area contributed by atoms with Gasteiger partial charge in [0, 0.05) is 31.2 Å². The van der Waals surface area contributed by atoms with E-state index in [1.54, 1.807) is 0 Å². The molecular weight excluding hydrogens is 372 g/mol. The molecule has 1 amide bonds. The smallest absolute Gasteiger partial charge is 0.224 e. The van der Waals surface area contributed by atoms with Crippen molar-refractivity contribution in [2.45, 2.75) is 69.4 Å². The summed E-state index contributed by atoms with van der Waals surface area (Å²) in [5.41, 5.74) is 3.66. The average Bonchev–Trinajstić information content (AvgIpc) is 2.80. The monoisotopic (exact) mass is 404 g/mol. The Balaban J connectivity index is 1.10. The summed E-state index contributed by atoms with van der Waals surface area (Å²) in [7, 11) is 0. The van der Waals surface area contributed by atoms with Crippen molar-refractivity contribution in [1.29, 1.82) is 0 Å². The zero-order valence-corrected chi connectivity index (χ0v) is 17.7. The van der Waals surface area contributed by atoms with Crippen molar-refractivity contribution in [2.75, 3.05) is 18.4 Å². The molecule has 30 heavy (non-hydrogen) atoms. The van der Waals surface area contributed by atoms with E-state index in [0.717, 1.165) is 55.7 Å². The summed E-state index contributed by atoms with van der Waals surface area (Å²) < 4.78 is 6.32. The van der Waals surface area contributed by atoms with Crippen molar-refractivity contribution in [3.63, 3.8) is 0 Å². The number of rotatable bonds is 4. The van der Waals surface area contributed by atoms with Crippen LogP contribution in [0.4, 0.5) is 5.69 Å². The number of hydrogen-bond acceptors (Lipinski definition) is 3. The fraction of sp³-hybridized carbons (Fsp3) is 0.500. The second-order valence-corrected chi connectivity index (χ2v) is 9.14. The third kappa shape index (κ3) is 4.39. The predicted octanol–water partition coefficient (Wildman–Crippen LogP) is 5.14. The molecule has 2 aromatic carbocycles. The minimum absolute atomic E-state index is 0.112. The minimum Gasteiger partial charge on any atom is -0.490 e. The molecule has 0 atom stereocenters. The van der Waals surface area contributed by atoms with Gasteiger partial charge >= 0.3 is 0 Å². The average molecular weight is 405 g/mol. The molecule has 0 aromatic heterocycles. The molecule has 2 heterocycles. The Bertz CT molecular complexity index is 866. The van der Waals surface area contributed by atoms with Gasteiger partial charge in [-0.1, -0.05) is 30.3 Å². The van der Waals surface area contributed by atoms with Crippen LogP contribution >= 0.6 is 0 Å². The second-order valence-electron chi connectivity index (χ2n) is 9.14. The Morgan fingerprint density at radius 3 is 2.40 bits per heavy atom. The van der Waals surface area contributed by atoms with E-state index in [1.807, 2.05) is 12.1 Å². The van der Waals surface area contributed by atoms with Crippen molar-refractivity contribution in [1.82, 2.24) is 4.90 Å². The van der Waals surface area contributed by atoms with E-state index >= 15 is 0 Å². The lowest BCUT2D eigenvalue weighted by molar-refractivity contribution is -0.116. The van der Waals surface area contributed by atoms with Crippen LogP contribution in [0.3, 0.4) is 0 Å². The van der Waals surface area contributed by atoms with Gasteiger partial charge in [0.05, 0.1) is 0 Å². The van der Waals surface area contributed by atoms with Crippen LogP contribution in [0, 0.1) is 0 Å². The molecule has 0 unspecified atom stereocenters. The van der Waals surface area contributed by atoms with Crippen LogP contribution in [0.2, 0.25) is 0 Å². The molecule has 3 aliphatic rings. The topological polar surface area (TPSA) is 41.6 Å². The first kappa shape index (κ1) is 19.6. The number of nitrogens with zero attached hydrogens (tertiary/aromatic N) is 1. The number of nitrogens with one attached hydrogen (secondary N) is 1. The van der Waals surface area contributed by atoms with E-state index in [0.29, 0.717) is 12.5 Å². The van der Waals surface area contributed by atoms with Crippen molar-refractivity contribution in [3.05, 3.63) is 59.7 Å². The SMILES string of the molecule is O=C1CCc2cc(OC3CCN(C4CCC(c5ccccc5)CC4)CC3)ccc2N1. The number of piperidine rings is 1. The molecule has 4 nitrogen and oxygen atoms in total. The first-order chi connectivity index (χ1) is 14.7. The maximum absolute atomic E-state index is 11.5. The fourth-order valence-electron chi connectivity index (χ4n) is 5.48. The molecule has 0 bridgehead atoms. The molecule has 4 heteroatoms. The van der Waals surface area contributed by atoms with Crippen LogP contribution < -0.4 is 10.1 Å². The first-order valence-electron chi connectivity index (χ1n) is 11.6. The van der Waals surface area contributed by atoms with Gasteiger partial charge in [0.15, 0.2) is 0 Å². The van der Waals surface area contributed by atoms with Gasteiger partial charge in [0.1, 0.15) is 11.9 Å². The number of ether oxygens (including phenoxy) is 1. The highest BCUT2D eigenvalue weighted by molar-refractivity contribution is 5.93. The Morgan fingerprint density at radius 1 is 0.867 bits per heavy atom. The maximum atomic E-state index is 11.5. The molecule has 1 aliphatic carbocycles. The fourth-order valence-corrected chi connectivity index (χ4v) is 5.48. The Hall–Kier alpha value is -2.33. The number of aryl methyl sites for hydroxylation is 1. The quantitative estimate of drug-likeness (QED) is 0.767. The van der Waals surface area contributed by atoms with Gasteiger partial charge in [0.25, 0.3) is 0 Å². The van der Waals surface area contributed by atoms with Gasteiger partial charge in [-0.05, 0) is 80.2 Å². The number of hydrogen-bond donors (Lipinski definition) is 1. The van der Waals surface area contributed by atoms with E-state index in [9.17, 15) is 4.79 Å². The highest BCUT2D eigenvalue weighted by Gasteiger charge is 2.30. The number of benzene rings is 2. The van der Waals surface area contributed by atoms with Crippen molar-refractivity contribution < 1.29 is 9.53 Å².